The number of aryl methyl sites for hydroxylation is 1. The van der Waals surface area contributed by atoms with Crippen LogP contribution in [0.15, 0.2) is 46.1 Å². The molecule has 0 saturated carbocycles. The van der Waals surface area contributed by atoms with Gasteiger partial charge in [0.15, 0.2) is 0 Å². The Kier molecular flexibility index (Phi) is 7.35. The van der Waals surface area contributed by atoms with Gasteiger partial charge >= 0.3 is 5.69 Å². The van der Waals surface area contributed by atoms with Gasteiger partial charge in [0.2, 0.25) is 0 Å². The summed E-state index contributed by atoms with van der Waals surface area (Å²) in [7, 11) is 1.46. The van der Waals surface area contributed by atoms with E-state index in [1.807, 2.05) is 24.3 Å². The highest BCUT2D eigenvalue weighted by Crippen LogP contribution is 2.30. The van der Waals surface area contributed by atoms with Crippen LogP contribution in [-0.2, 0) is 13.6 Å². The monoisotopic (exact) mass is 402 g/mol. The normalized spacial score (nSPS) is 14.6. The highest BCUT2D eigenvalue weighted by molar-refractivity contribution is 5.71. The van der Waals surface area contributed by atoms with Gasteiger partial charge < -0.3 is 4.74 Å². The zero-order valence-electron chi connectivity index (χ0n) is 16.7. The Morgan fingerprint density at radius 2 is 1.97 bits per heavy atom. The van der Waals surface area contributed by atoms with Crippen LogP contribution in [0.5, 0.6) is 5.75 Å². The van der Waals surface area contributed by atoms with Crippen LogP contribution in [0.4, 0.5) is 4.39 Å². The van der Waals surface area contributed by atoms with Crippen molar-refractivity contribution in [2.75, 3.05) is 32.9 Å². The van der Waals surface area contributed by atoms with Crippen molar-refractivity contribution in [1.82, 2.24) is 19.2 Å². The van der Waals surface area contributed by atoms with Crippen molar-refractivity contribution in [3.05, 3.63) is 62.9 Å². The molecule has 0 radical (unpaired) electrons. The van der Waals surface area contributed by atoms with E-state index in [0.717, 1.165) is 54.8 Å². The van der Waals surface area contributed by atoms with Crippen molar-refractivity contribution >= 4 is 5.57 Å². The fourth-order valence-electron chi connectivity index (χ4n) is 3.44. The summed E-state index contributed by atoms with van der Waals surface area (Å²) in [6.45, 7) is 2.81. The lowest BCUT2D eigenvalue weighted by Crippen LogP contribution is -2.39. The first kappa shape index (κ1) is 21.0. The first-order valence-electron chi connectivity index (χ1n) is 9.93. The fourth-order valence-corrected chi connectivity index (χ4v) is 3.44. The first-order chi connectivity index (χ1) is 14.1. The molecule has 3 rings (SSSR count). The van der Waals surface area contributed by atoms with Crippen molar-refractivity contribution in [3.8, 4) is 5.75 Å². The second-order valence-electron chi connectivity index (χ2n) is 7.07. The maximum absolute atomic E-state index is 12.4. The van der Waals surface area contributed by atoms with Crippen LogP contribution >= 0.6 is 0 Å². The second-order valence-corrected chi connectivity index (χ2v) is 7.07. The third-order valence-corrected chi connectivity index (χ3v) is 5.10. The lowest BCUT2D eigenvalue weighted by Gasteiger charge is -2.27. The summed E-state index contributed by atoms with van der Waals surface area (Å²) in [5.41, 5.74) is 1.51. The molecule has 2 heterocycles. The molecule has 0 bridgehead atoms. The van der Waals surface area contributed by atoms with Gasteiger partial charge in [-0.3, -0.25) is 14.3 Å². The molecule has 7 nitrogen and oxygen atoms in total. The molecule has 0 unspecified atom stereocenters. The number of rotatable bonds is 9. The number of nitrogens with zero attached hydrogens (tertiary/aromatic N) is 4. The Bertz CT molecular complexity index is 967. The highest BCUT2D eigenvalue weighted by atomic mass is 19.1. The Morgan fingerprint density at radius 1 is 1.17 bits per heavy atom. The summed E-state index contributed by atoms with van der Waals surface area (Å²) in [6, 6.07) is 7.78. The quantitative estimate of drug-likeness (QED) is 0.599. The predicted molar refractivity (Wildman–Crippen MR) is 110 cm³/mol. The van der Waals surface area contributed by atoms with E-state index >= 15 is 0 Å². The molecule has 1 aliphatic rings. The molecule has 0 amide bonds. The summed E-state index contributed by atoms with van der Waals surface area (Å²) in [6.07, 6.45) is 6.06. The second kappa shape index (κ2) is 10.2. The van der Waals surface area contributed by atoms with E-state index in [-0.39, 0.29) is 17.9 Å². The minimum atomic E-state index is -0.498. The van der Waals surface area contributed by atoms with Gasteiger partial charge in [0, 0.05) is 32.2 Å². The predicted octanol–water partition coefficient (Wildman–Crippen LogP) is 1.86. The van der Waals surface area contributed by atoms with E-state index in [4.69, 9.17) is 4.74 Å². The van der Waals surface area contributed by atoms with E-state index in [1.54, 1.807) is 0 Å². The molecule has 1 aromatic carbocycles. The molecule has 1 aliphatic heterocycles. The molecule has 156 valence electrons. The number of aromatic nitrogens is 3. The minimum absolute atomic E-state index is 0.0733. The van der Waals surface area contributed by atoms with Gasteiger partial charge in [0.05, 0.1) is 0 Å². The summed E-state index contributed by atoms with van der Waals surface area (Å²) in [5.74, 6) is 0.736. The lowest BCUT2D eigenvalue weighted by molar-refractivity contribution is 0.271. The summed E-state index contributed by atoms with van der Waals surface area (Å²) >= 11 is 0. The highest BCUT2D eigenvalue weighted by Gasteiger charge is 2.15. The molecule has 0 spiro atoms. The molecule has 0 aliphatic carbocycles. The number of ether oxygens (including phenoxy) is 1. The van der Waals surface area contributed by atoms with Crippen LogP contribution in [0.1, 0.15) is 24.8 Å². The molecular formula is C21H27FN4O3. The van der Waals surface area contributed by atoms with Gasteiger partial charge in [0.1, 0.15) is 25.2 Å². The Hall–Kier alpha value is -2.74. The Balaban J connectivity index is 1.49. The average Bonchev–Trinajstić information content (AvgIpc) is 2.75. The number of alkyl halides is 1. The van der Waals surface area contributed by atoms with E-state index < -0.39 is 6.67 Å². The molecule has 29 heavy (non-hydrogen) atoms. The van der Waals surface area contributed by atoms with Gasteiger partial charge in [-0.05, 0) is 37.4 Å². The van der Waals surface area contributed by atoms with Crippen molar-refractivity contribution < 1.29 is 9.13 Å². The lowest BCUT2D eigenvalue weighted by atomic mass is 9.98. The minimum Gasteiger partial charge on any atom is -0.490 e. The number of para-hydroxylation sites is 1. The van der Waals surface area contributed by atoms with Crippen LogP contribution in [0.3, 0.4) is 0 Å². The average molecular weight is 402 g/mol. The van der Waals surface area contributed by atoms with Gasteiger partial charge in [-0.2, -0.15) is 5.10 Å². The van der Waals surface area contributed by atoms with Crippen molar-refractivity contribution in [2.45, 2.75) is 25.8 Å². The summed E-state index contributed by atoms with van der Waals surface area (Å²) in [4.78, 5) is 25.7. The zero-order chi connectivity index (χ0) is 20.6. The van der Waals surface area contributed by atoms with Crippen molar-refractivity contribution in [2.24, 2.45) is 7.05 Å². The number of hydrogen-bond acceptors (Lipinski definition) is 5. The van der Waals surface area contributed by atoms with Crippen molar-refractivity contribution in [3.63, 3.8) is 0 Å². The van der Waals surface area contributed by atoms with E-state index in [9.17, 15) is 14.0 Å². The standard InChI is InChI=1S/C21H27FN4O3/c1-24-20(27)16-23-26(21(24)28)12-5-4-11-25-13-8-17(9-14-25)18-6-2-3-7-19(18)29-15-10-22/h2-3,6-8,16H,4-5,9-15H2,1H3. The Morgan fingerprint density at radius 3 is 2.72 bits per heavy atom. The summed E-state index contributed by atoms with van der Waals surface area (Å²) in [5, 5.41) is 3.91. The van der Waals surface area contributed by atoms with Crippen LogP contribution in [-0.4, -0.2) is 52.2 Å². The van der Waals surface area contributed by atoms with Gasteiger partial charge in [-0.25, -0.2) is 13.9 Å². The Labute approximate surface area is 169 Å². The smallest absolute Gasteiger partial charge is 0.347 e. The number of hydrogen-bond donors (Lipinski definition) is 0. The summed E-state index contributed by atoms with van der Waals surface area (Å²) < 4.78 is 20.4. The molecular weight excluding hydrogens is 375 g/mol. The number of benzene rings is 1. The molecule has 8 heteroatoms. The van der Waals surface area contributed by atoms with Crippen molar-refractivity contribution in [1.29, 1.82) is 0 Å². The van der Waals surface area contributed by atoms with E-state index in [2.05, 4.69) is 16.1 Å². The van der Waals surface area contributed by atoms with Gasteiger partial charge in [0.25, 0.3) is 5.56 Å². The molecule has 0 fully saturated rings. The number of halogens is 1. The fraction of sp³-hybridized carbons (Fsp3) is 0.476. The van der Waals surface area contributed by atoms with Crippen LogP contribution in [0.25, 0.3) is 5.57 Å². The molecule has 1 aromatic heterocycles. The van der Waals surface area contributed by atoms with Crippen LogP contribution in [0, 0.1) is 0 Å². The van der Waals surface area contributed by atoms with E-state index in [1.165, 1.54) is 23.5 Å². The van der Waals surface area contributed by atoms with Gasteiger partial charge in [-0.15, -0.1) is 0 Å². The first-order valence-corrected chi connectivity index (χ1v) is 9.93. The third kappa shape index (κ3) is 5.41. The van der Waals surface area contributed by atoms with Gasteiger partial charge in [-0.1, -0.05) is 24.3 Å². The largest absolute Gasteiger partial charge is 0.490 e. The molecule has 2 aromatic rings. The molecule has 0 atom stereocenters. The topological polar surface area (TPSA) is 69.4 Å². The number of unbranched alkanes of at least 4 members (excludes halogenated alkanes) is 1. The molecule has 0 N–H and O–H groups in total. The maximum Gasteiger partial charge on any atom is 0.347 e. The molecule has 0 saturated heterocycles. The maximum atomic E-state index is 12.4. The van der Waals surface area contributed by atoms with E-state index in [0.29, 0.717) is 6.54 Å². The third-order valence-electron chi connectivity index (χ3n) is 5.10. The zero-order valence-corrected chi connectivity index (χ0v) is 16.7. The van der Waals surface area contributed by atoms with Crippen LogP contribution in [0.2, 0.25) is 0 Å². The SMILES string of the molecule is Cn1c(=O)cnn(CCCCN2CC=C(c3ccccc3OCCF)CC2)c1=O. The van der Waals surface area contributed by atoms with Crippen LogP contribution < -0.4 is 16.0 Å².